The second-order valence-corrected chi connectivity index (χ2v) is 5.36. The Kier molecular flexibility index (Phi) is 4.61. The van der Waals surface area contributed by atoms with Crippen LogP contribution in [0.2, 0.25) is 0 Å². The number of hydrogen-bond donors (Lipinski definition) is 1. The van der Waals surface area contributed by atoms with Gasteiger partial charge in [0.15, 0.2) is 17.3 Å². The normalized spacial score (nSPS) is 12.9. The molecule has 1 heterocycles. The number of rotatable bonds is 4. The van der Waals surface area contributed by atoms with Gasteiger partial charge in [-0.05, 0) is 35.9 Å². The van der Waals surface area contributed by atoms with Crippen LogP contribution in [0, 0.1) is 0 Å². The van der Waals surface area contributed by atoms with Crippen LogP contribution in [0.1, 0.15) is 22.8 Å². The highest BCUT2D eigenvalue weighted by molar-refractivity contribution is 6.07. The van der Waals surface area contributed by atoms with Gasteiger partial charge in [-0.15, -0.1) is 0 Å². The molecule has 2 aromatic carbocycles. The van der Waals surface area contributed by atoms with Gasteiger partial charge in [-0.1, -0.05) is 24.3 Å². The molecule has 2 aromatic rings. The number of amides is 1. The zero-order chi connectivity index (χ0) is 16.9. The molecule has 1 aliphatic heterocycles. The van der Waals surface area contributed by atoms with Crippen molar-refractivity contribution in [3.05, 3.63) is 59.7 Å². The standard InChI is InChI=1S/C19H17NO4/c1-13(21)20-16-4-2-3-15(12-16)17(22)7-5-14-6-8-18-19(11-14)24-10-9-23-18/h2-8,11-12H,9-10H2,1H3,(H,20,21)/b7-5+. The molecule has 1 amide bonds. The van der Waals surface area contributed by atoms with E-state index in [1.54, 1.807) is 30.3 Å². The van der Waals surface area contributed by atoms with E-state index in [0.29, 0.717) is 36.0 Å². The number of hydrogen-bond acceptors (Lipinski definition) is 4. The van der Waals surface area contributed by atoms with E-state index in [0.717, 1.165) is 5.56 Å². The van der Waals surface area contributed by atoms with Gasteiger partial charge in [0.1, 0.15) is 13.2 Å². The van der Waals surface area contributed by atoms with E-state index in [9.17, 15) is 9.59 Å². The lowest BCUT2D eigenvalue weighted by Gasteiger charge is -2.18. The third kappa shape index (κ3) is 3.81. The topological polar surface area (TPSA) is 64.6 Å². The average molecular weight is 323 g/mol. The summed E-state index contributed by atoms with van der Waals surface area (Å²) in [7, 11) is 0. The van der Waals surface area contributed by atoms with Crippen LogP contribution in [0.3, 0.4) is 0 Å². The molecule has 0 spiro atoms. The smallest absolute Gasteiger partial charge is 0.221 e. The summed E-state index contributed by atoms with van der Waals surface area (Å²) >= 11 is 0. The van der Waals surface area contributed by atoms with Crippen molar-refractivity contribution in [2.24, 2.45) is 0 Å². The molecule has 0 saturated carbocycles. The van der Waals surface area contributed by atoms with Crippen molar-refractivity contribution in [1.29, 1.82) is 0 Å². The summed E-state index contributed by atoms with van der Waals surface area (Å²) in [5.41, 5.74) is 1.96. The number of fused-ring (bicyclic) bond motifs is 1. The van der Waals surface area contributed by atoms with Crippen LogP contribution in [0.25, 0.3) is 6.08 Å². The molecule has 0 atom stereocenters. The number of carbonyl (C=O) groups excluding carboxylic acids is 2. The van der Waals surface area contributed by atoms with E-state index < -0.39 is 0 Å². The summed E-state index contributed by atoms with van der Waals surface area (Å²) in [6.45, 7) is 2.50. The lowest BCUT2D eigenvalue weighted by molar-refractivity contribution is -0.114. The molecule has 3 rings (SSSR count). The molecular weight excluding hydrogens is 306 g/mol. The van der Waals surface area contributed by atoms with Gasteiger partial charge in [-0.3, -0.25) is 9.59 Å². The molecule has 5 nitrogen and oxygen atoms in total. The van der Waals surface area contributed by atoms with Crippen LogP contribution >= 0.6 is 0 Å². The SMILES string of the molecule is CC(=O)Nc1cccc(C(=O)/C=C/c2ccc3c(c2)OCCO3)c1. The van der Waals surface area contributed by atoms with E-state index in [-0.39, 0.29) is 11.7 Å². The molecule has 0 saturated heterocycles. The van der Waals surface area contributed by atoms with E-state index >= 15 is 0 Å². The number of nitrogens with one attached hydrogen (secondary N) is 1. The van der Waals surface area contributed by atoms with Crippen LogP contribution in [0.4, 0.5) is 5.69 Å². The lowest BCUT2D eigenvalue weighted by Crippen LogP contribution is -2.15. The van der Waals surface area contributed by atoms with Gasteiger partial charge < -0.3 is 14.8 Å². The Labute approximate surface area is 139 Å². The first-order valence-electron chi connectivity index (χ1n) is 7.61. The van der Waals surface area contributed by atoms with E-state index in [4.69, 9.17) is 9.47 Å². The third-order valence-corrected chi connectivity index (χ3v) is 3.46. The molecule has 0 bridgehead atoms. The third-order valence-electron chi connectivity index (χ3n) is 3.46. The highest BCUT2D eigenvalue weighted by atomic mass is 16.6. The Morgan fingerprint density at radius 2 is 1.83 bits per heavy atom. The summed E-state index contributed by atoms with van der Waals surface area (Å²) in [6, 6.07) is 12.4. The second kappa shape index (κ2) is 7.00. The number of allylic oxidation sites excluding steroid dienone is 1. The van der Waals surface area contributed by atoms with Crippen LogP contribution in [-0.2, 0) is 4.79 Å². The summed E-state index contributed by atoms with van der Waals surface area (Å²) < 4.78 is 11.0. The average Bonchev–Trinajstić information content (AvgIpc) is 2.59. The molecule has 5 heteroatoms. The first-order valence-corrected chi connectivity index (χ1v) is 7.61. The number of anilines is 1. The highest BCUT2D eigenvalue weighted by Crippen LogP contribution is 2.31. The number of benzene rings is 2. The van der Waals surface area contributed by atoms with Gasteiger partial charge in [-0.2, -0.15) is 0 Å². The predicted molar refractivity (Wildman–Crippen MR) is 91.5 cm³/mol. The minimum absolute atomic E-state index is 0.142. The molecule has 0 aromatic heterocycles. The van der Waals surface area contributed by atoms with Crippen LogP contribution in [0.15, 0.2) is 48.5 Å². The van der Waals surface area contributed by atoms with Gasteiger partial charge in [0, 0.05) is 18.2 Å². The van der Waals surface area contributed by atoms with E-state index in [1.807, 2.05) is 18.2 Å². The van der Waals surface area contributed by atoms with Crippen molar-refractivity contribution in [3.8, 4) is 11.5 Å². The van der Waals surface area contributed by atoms with Gasteiger partial charge in [-0.25, -0.2) is 0 Å². The monoisotopic (exact) mass is 323 g/mol. The minimum atomic E-state index is -0.175. The molecule has 24 heavy (non-hydrogen) atoms. The predicted octanol–water partition coefficient (Wildman–Crippen LogP) is 3.31. The summed E-state index contributed by atoms with van der Waals surface area (Å²) in [5.74, 6) is 1.08. The van der Waals surface area contributed by atoms with Crippen LogP contribution in [0.5, 0.6) is 11.5 Å². The molecule has 122 valence electrons. The summed E-state index contributed by atoms with van der Waals surface area (Å²) in [5, 5.41) is 2.66. The van der Waals surface area contributed by atoms with Gasteiger partial charge in [0.25, 0.3) is 0 Å². The fraction of sp³-hybridized carbons (Fsp3) is 0.158. The van der Waals surface area contributed by atoms with Crippen molar-refractivity contribution >= 4 is 23.5 Å². The molecule has 0 fully saturated rings. The zero-order valence-corrected chi connectivity index (χ0v) is 13.2. The maximum absolute atomic E-state index is 12.3. The Balaban J connectivity index is 1.74. The van der Waals surface area contributed by atoms with Crippen LogP contribution in [-0.4, -0.2) is 24.9 Å². The van der Waals surface area contributed by atoms with Crippen molar-refractivity contribution < 1.29 is 19.1 Å². The van der Waals surface area contributed by atoms with Gasteiger partial charge in [0.2, 0.25) is 5.91 Å². The quantitative estimate of drug-likeness (QED) is 0.692. The van der Waals surface area contributed by atoms with E-state index in [1.165, 1.54) is 13.0 Å². The first-order chi connectivity index (χ1) is 11.6. The second-order valence-electron chi connectivity index (χ2n) is 5.36. The number of carbonyl (C=O) groups is 2. The molecule has 0 radical (unpaired) electrons. The maximum atomic E-state index is 12.3. The molecular formula is C19H17NO4. The summed E-state index contributed by atoms with van der Waals surface area (Å²) in [4.78, 5) is 23.4. The fourth-order valence-corrected chi connectivity index (χ4v) is 2.39. The zero-order valence-electron chi connectivity index (χ0n) is 13.2. The summed E-state index contributed by atoms with van der Waals surface area (Å²) in [6.07, 6.45) is 3.23. The lowest BCUT2D eigenvalue weighted by atomic mass is 10.1. The Morgan fingerprint density at radius 3 is 2.62 bits per heavy atom. The molecule has 1 N–H and O–H groups in total. The van der Waals surface area contributed by atoms with Crippen molar-refractivity contribution in [3.63, 3.8) is 0 Å². The molecule has 1 aliphatic rings. The Hall–Kier alpha value is -3.08. The number of ketones is 1. The van der Waals surface area contributed by atoms with Crippen molar-refractivity contribution in [2.75, 3.05) is 18.5 Å². The van der Waals surface area contributed by atoms with Crippen LogP contribution < -0.4 is 14.8 Å². The molecule has 0 unspecified atom stereocenters. The van der Waals surface area contributed by atoms with Crippen molar-refractivity contribution in [1.82, 2.24) is 0 Å². The Bertz CT molecular complexity index is 811. The van der Waals surface area contributed by atoms with E-state index in [2.05, 4.69) is 5.32 Å². The Morgan fingerprint density at radius 1 is 1.04 bits per heavy atom. The minimum Gasteiger partial charge on any atom is -0.486 e. The highest BCUT2D eigenvalue weighted by Gasteiger charge is 2.11. The number of ether oxygens (including phenoxy) is 2. The van der Waals surface area contributed by atoms with Gasteiger partial charge in [0.05, 0.1) is 0 Å². The van der Waals surface area contributed by atoms with Crippen molar-refractivity contribution in [2.45, 2.75) is 6.92 Å². The first kappa shape index (κ1) is 15.8. The van der Waals surface area contributed by atoms with Gasteiger partial charge >= 0.3 is 0 Å². The largest absolute Gasteiger partial charge is 0.486 e. The maximum Gasteiger partial charge on any atom is 0.221 e. The molecule has 0 aliphatic carbocycles. The fourth-order valence-electron chi connectivity index (χ4n) is 2.39.